The maximum absolute atomic E-state index is 13.2. The van der Waals surface area contributed by atoms with Gasteiger partial charge in [0.05, 0.1) is 40.2 Å². The van der Waals surface area contributed by atoms with Gasteiger partial charge in [0.1, 0.15) is 5.75 Å². The Kier molecular flexibility index (Phi) is 5.02. The van der Waals surface area contributed by atoms with Crippen LogP contribution in [0.2, 0.25) is 5.02 Å². The van der Waals surface area contributed by atoms with Crippen LogP contribution in [0.5, 0.6) is 5.75 Å². The number of benzene rings is 1. The van der Waals surface area contributed by atoms with Crippen molar-refractivity contribution in [3.05, 3.63) is 56.4 Å². The molecule has 0 spiro atoms. The van der Waals surface area contributed by atoms with Gasteiger partial charge in [0, 0.05) is 21.4 Å². The Morgan fingerprint density at radius 2 is 2.00 bits per heavy atom. The molecule has 0 aliphatic heterocycles. The molecule has 3 aromatic heterocycles. The fourth-order valence-electron chi connectivity index (χ4n) is 3.21. The minimum Gasteiger partial charge on any atom is -0.497 e. The van der Waals surface area contributed by atoms with E-state index in [1.165, 1.54) is 4.88 Å². The summed E-state index contributed by atoms with van der Waals surface area (Å²) in [4.78, 5) is 20.0. The molecule has 0 fully saturated rings. The highest BCUT2D eigenvalue weighted by Crippen LogP contribution is 2.34. The molecule has 0 aliphatic rings. The number of carbonyl (C=O) groups excluding carboxylic acids is 1. The van der Waals surface area contributed by atoms with Crippen molar-refractivity contribution >= 4 is 45.6 Å². The fraction of sp³-hybridized carbons (Fsp3) is 0.190. The topological polar surface area (TPSA) is 77.2 Å². The van der Waals surface area contributed by atoms with Crippen molar-refractivity contribution in [2.45, 2.75) is 20.8 Å². The van der Waals surface area contributed by atoms with Crippen LogP contribution in [0.3, 0.4) is 0 Å². The Balaban J connectivity index is 1.80. The minimum absolute atomic E-state index is 0.318. The van der Waals surface area contributed by atoms with E-state index in [1.807, 2.05) is 13.8 Å². The summed E-state index contributed by atoms with van der Waals surface area (Å²) in [5.74, 6) is 0.293. The first-order valence-electron chi connectivity index (χ1n) is 8.86. The monoisotopic (exact) mass is 427 g/mol. The molecular formula is C21H18ClN3O3S. The summed E-state index contributed by atoms with van der Waals surface area (Å²) in [6, 6.07) is 8.91. The van der Waals surface area contributed by atoms with Crippen LogP contribution in [-0.2, 0) is 0 Å². The number of nitrogens with zero attached hydrogens (tertiary/aromatic N) is 2. The van der Waals surface area contributed by atoms with Crippen LogP contribution < -0.4 is 10.1 Å². The number of ether oxygens (including phenoxy) is 1. The number of fused-ring (bicyclic) bond motifs is 1. The van der Waals surface area contributed by atoms with Crippen molar-refractivity contribution in [1.29, 1.82) is 0 Å². The lowest BCUT2D eigenvalue weighted by Crippen LogP contribution is -2.13. The van der Waals surface area contributed by atoms with Crippen molar-refractivity contribution in [2.24, 2.45) is 0 Å². The Labute approximate surface area is 176 Å². The van der Waals surface area contributed by atoms with Crippen LogP contribution in [0, 0.1) is 20.8 Å². The standard InChI is InChI=1S/C21H18ClN3O3S/c1-10-7-14(12(3)29-10)18-9-15(19-11(2)25-28-21(19)24-18)20(26)23-17-6-5-13(27-4)8-16(17)22/h5-9H,1-4H3,(H,23,26). The number of halogens is 1. The largest absolute Gasteiger partial charge is 0.497 e. The van der Waals surface area contributed by atoms with Gasteiger partial charge in [-0.05, 0) is 45.0 Å². The maximum Gasteiger partial charge on any atom is 0.259 e. The van der Waals surface area contributed by atoms with Crippen molar-refractivity contribution in [3.8, 4) is 17.0 Å². The molecule has 0 aliphatic carbocycles. The highest BCUT2D eigenvalue weighted by atomic mass is 35.5. The highest BCUT2D eigenvalue weighted by molar-refractivity contribution is 7.12. The Morgan fingerprint density at radius 1 is 1.21 bits per heavy atom. The number of pyridine rings is 1. The van der Waals surface area contributed by atoms with Gasteiger partial charge >= 0.3 is 0 Å². The summed E-state index contributed by atoms with van der Waals surface area (Å²) in [6.45, 7) is 5.85. The third-order valence-electron chi connectivity index (χ3n) is 4.60. The number of hydrogen-bond donors (Lipinski definition) is 1. The predicted molar refractivity (Wildman–Crippen MR) is 115 cm³/mol. The Morgan fingerprint density at radius 3 is 2.66 bits per heavy atom. The number of nitrogens with one attached hydrogen (secondary N) is 1. The SMILES string of the molecule is COc1ccc(NC(=O)c2cc(-c3cc(C)sc3C)nc3onc(C)c23)c(Cl)c1. The molecule has 0 radical (unpaired) electrons. The Hall–Kier alpha value is -2.90. The second kappa shape index (κ2) is 7.50. The molecule has 1 N–H and O–H groups in total. The zero-order valence-corrected chi connectivity index (χ0v) is 17.9. The van der Waals surface area contributed by atoms with E-state index in [1.54, 1.807) is 49.6 Å². The maximum atomic E-state index is 13.2. The van der Waals surface area contributed by atoms with Gasteiger partial charge in [0.2, 0.25) is 0 Å². The van der Waals surface area contributed by atoms with Crippen molar-refractivity contribution in [3.63, 3.8) is 0 Å². The second-order valence-electron chi connectivity index (χ2n) is 6.63. The van der Waals surface area contributed by atoms with Gasteiger partial charge in [-0.2, -0.15) is 0 Å². The van der Waals surface area contributed by atoms with Gasteiger partial charge in [-0.3, -0.25) is 4.79 Å². The molecule has 4 rings (SSSR count). The zero-order valence-electron chi connectivity index (χ0n) is 16.3. The van der Waals surface area contributed by atoms with E-state index >= 15 is 0 Å². The first-order chi connectivity index (χ1) is 13.9. The van der Waals surface area contributed by atoms with E-state index in [4.69, 9.17) is 20.9 Å². The number of rotatable bonds is 4. The average molecular weight is 428 g/mol. The number of hydrogen-bond acceptors (Lipinski definition) is 6. The highest BCUT2D eigenvalue weighted by Gasteiger charge is 2.21. The predicted octanol–water partition coefficient (Wildman–Crippen LogP) is 5.79. The average Bonchev–Trinajstić information content (AvgIpc) is 3.24. The normalized spacial score (nSPS) is 11.1. The van der Waals surface area contributed by atoms with Crippen molar-refractivity contribution in [1.82, 2.24) is 10.1 Å². The number of carbonyl (C=O) groups is 1. The lowest BCUT2D eigenvalue weighted by atomic mass is 10.1. The van der Waals surface area contributed by atoms with E-state index in [9.17, 15) is 4.79 Å². The second-order valence-corrected chi connectivity index (χ2v) is 8.50. The van der Waals surface area contributed by atoms with Crippen LogP contribution in [0.1, 0.15) is 25.8 Å². The number of amides is 1. The third-order valence-corrected chi connectivity index (χ3v) is 5.88. The van der Waals surface area contributed by atoms with Gasteiger partial charge in [0.15, 0.2) is 0 Å². The number of anilines is 1. The molecule has 0 atom stereocenters. The first-order valence-corrected chi connectivity index (χ1v) is 10.1. The molecule has 148 valence electrons. The summed E-state index contributed by atoms with van der Waals surface area (Å²) in [5.41, 5.74) is 3.48. The molecule has 29 heavy (non-hydrogen) atoms. The lowest BCUT2D eigenvalue weighted by Gasteiger charge is -2.10. The summed E-state index contributed by atoms with van der Waals surface area (Å²) >= 11 is 7.96. The number of aryl methyl sites for hydroxylation is 3. The van der Waals surface area contributed by atoms with Crippen LogP contribution in [-0.4, -0.2) is 23.2 Å². The quantitative estimate of drug-likeness (QED) is 0.446. The van der Waals surface area contributed by atoms with E-state index in [0.717, 1.165) is 10.4 Å². The molecule has 0 saturated heterocycles. The Bertz CT molecular complexity index is 1250. The molecule has 1 amide bonds. The minimum atomic E-state index is -0.318. The molecule has 4 aromatic rings. The van der Waals surface area contributed by atoms with Gasteiger partial charge in [0.25, 0.3) is 11.6 Å². The molecule has 3 heterocycles. The fourth-order valence-corrected chi connectivity index (χ4v) is 4.36. The molecule has 8 heteroatoms. The van der Waals surface area contributed by atoms with Gasteiger partial charge in [-0.25, -0.2) is 4.98 Å². The van der Waals surface area contributed by atoms with Crippen LogP contribution >= 0.6 is 22.9 Å². The van der Waals surface area contributed by atoms with E-state index in [2.05, 4.69) is 21.5 Å². The number of thiophene rings is 1. The van der Waals surface area contributed by atoms with Crippen molar-refractivity contribution in [2.75, 3.05) is 12.4 Å². The molecule has 0 unspecified atom stereocenters. The first kappa shape index (κ1) is 19.4. The van der Waals surface area contributed by atoms with Crippen molar-refractivity contribution < 1.29 is 14.1 Å². The molecule has 6 nitrogen and oxygen atoms in total. The number of aromatic nitrogens is 2. The lowest BCUT2D eigenvalue weighted by molar-refractivity contribution is 0.102. The zero-order chi connectivity index (χ0) is 20.7. The van der Waals surface area contributed by atoms with Crippen LogP contribution in [0.15, 0.2) is 34.9 Å². The summed E-state index contributed by atoms with van der Waals surface area (Å²) < 4.78 is 10.5. The van der Waals surface area contributed by atoms with E-state index in [0.29, 0.717) is 44.5 Å². The van der Waals surface area contributed by atoms with Crippen LogP contribution in [0.4, 0.5) is 5.69 Å². The third kappa shape index (κ3) is 3.59. The van der Waals surface area contributed by atoms with Gasteiger partial charge < -0.3 is 14.6 Å². The molecular weight excluding hydrogens is 410 g/mol. The summed E-state index contributed by atoms with van der Waals surface area (Å²) in [7, 11) is 1.56. The molecule has 0 saturated carbocycles. The van der Waals surface area contributed by atoms with E-state index in [-0.39, 0.29) is 5.91 Å². The summed E-state index contributed by atoms with van der Waals surface area (Å²) in [5, 5.41) is 7.82. The smallest absolute Gasteiger partial charge is 0.259 e. The van der Waals surface area contributed by atoms with Crippen LogP contribution in [0.25, 0.3) is 22.4 Å². The molecule has 1 aromatic carbocycles. The molecule has 0 bridgehead atoms. The summed E-state index contributed by atoms with van der Waals surface area (Å²) in [6.07, 6.45) is 0. The van der Waals surface area contributed by atoms with Gasteiger partial charge in [-0.1, -0.05) is 16.8 Å². The van der Waals surface area contributed by atoms with Gasteiger partial charge in [-0.15, -0.1) is 11.3 Å². The number of methoxy groups -OCH3 is 1. The van der Waals surface area contributed by atoms with E-state index < -0.39 is 0 Å².